The first-order valence-electron chi connectivity index (χ1n) is 7.27. The van der Waals surface area contributed by atoms with Crippen molar-refractivity contribution < 1.29 is 29.3 Å². The van der Waals surface area contributed by atoms with Crippen molar-refractivity contribution >= 4 is 29.6 Å². The van der Waals surface area contributed by atoms with Gasteiger partial charge in [0.2, 0.25) is 5.91 Å². The second-order valence-corrected chi connectivity index (χ2v) is 7.80. The Bertz CT molecular complexity index is 470. The quantitative estimate of drug-likeness (QED) is 0.445. The Hall–Kier alpha value is -1.32. The Morgan fingerprint density at radius 2 is 2.04 bits per heavy atom. The molecule has 9 heteroatoms. The molecule has 0 aromatic rings. The number of esters is 1. The Kier molecular flexibility index (Phi) is 6.84. The van der Waals surface area contributed by atoms with Crippen LogP contribution in [0.1, 0.15) is 26.7 Å². The fraction of sp³-hybridized carbons (Fsp3) is 0.786. The fourth-order valence-corrected chi connectivity index (χ4v) is 4.04. The molecule has 1 fully saturated rings. The second kappa shape index (κ2) is 7.98. The third-order valence-corrected chi connectivity index (χ3v) is 5.52. The number of thioether (sulfide) groups is 1. The van der Waals surface area contributed by atoms with E-state index in [1.165, 1.54) is 0 Å². The van der Waals surface area contributed by atoms with Gasteiger partial charge >= 0.3 is 11.9 Å². The Balaban J connectivity index is 2.86. The van der Waals surface area contributed by atoms with Gasteiger partial charge in [0.15, 0.2) is 6.04 Å². The largest absolute Gasteiger partial charge is 0.481 e. The highest BCUT2D eigenvalue weighted by atomic mass is 32.2. The van der Waals surface area contributed by atoms with E-state index in [1.54, 1.807) is 11.8 Å². The van der Waals surface area contributed by atoms with Crippen LogP contribution in [0.4, 0.5) is 0 Å². The van der Waals surface area contributed by atoms with Gasteiger partial charge in [-0.15, -0.1) is 0 Å². The van der Waals surface area contributed by atoms with E-state index in [1.807, 2.05) is 13.8 Å². The predicted octanol–water partition coefficient (Wildman–Crippen LogP) is -0.661. The van der Waals surface area contributed by atoms with Crippen LogP contribution in [0.5, 0.6) is 0 Å². The topological polar surface area (TPSA) is 139 Å². The third kappa shape index (κ3) is 5.08. The van der Waals surface area contributed by atoms with Crippen LogP contribution in [-0.2, 0) is 19.1 Å². The smallest absolute Gasteiger partial charge is 0.331 e. The Morgan fingerprint density at radius 3 is 2.48 bits per heavy atom. The van der Waals surface area contributed by atoms with Crippen LogP contribution < -0.4 is 11.1 Å². The van der Waals surface area contributed by atoms with Crippen LogP contribution in [-0.4, -0.2) is 63.9 Å². The van der Waals surface area contributed by atoms with E-state index >= 15 is 0 Å². The molecule has 0 aromatic carbocycles. The lowest BCUT2D eigenvalue weighted by Gasteiger charge is -2.34. The number of carboxylic acids is 1. The van der Waals surface area contributed by atoms with Crippen LogP contribution in [0.25, 0.3) is 0 Å². The number of methoxy groups -OCH3 is 1. The van der Waals surface area contributed by atoms with E-state index in [-0.39, 0.29) is 10.7 Å². The van der Waals surface area contributed by atoms with Crippen molar-refractivity contribution in [1.29, 1.82) is 0 Å². The molecule has 1 rings (SSSR count). The van der Waals surface area contributed by atoms with Gasteiger partial charge in [-0.3, -0.25) is 9.59 Å². The lowest BCUT2D eigenvalue weighted by Crippen LogP contribution is -2.57. The number of ether oxygens (including phenoxy) is 1. The standard InChI is InChI=1S/C14H24N2O6S/c1-14(2)7(4-5-23-14)11(19)10(13(21)22-3)16-12(20)8(15)6-9(17)18/h7-8,10-11,19H,4-6,15H2,1-3H3,(H,16,20)(H,17,18)/t7?,8-,10-,11?/m0/s1. The first-order chi connectivity index (χ1) is 10.6. The van der Waals surface area contributed by atoms with Crippen molar-refractivity contribution in [3.63, 3.8) is 0 Å². The molecule has 1 saturated heterocycles. The fourth-order valence-electron chi connectivity index (χ4n) is 2.67. The summed E-state index contributed by atoms with van der Waals surface area (Å²) < 4.78 is 4.39. The molecule has 0 aliphatic carbocycles. The molecule has 132 valence electrons. The Labute approximate surface area is 139 Å². The van der Waals surface area contributed by atoms with Crippen LogP contribution in [0.2, 0.25) is 0 Å². The van der Waals surface area contributed by atoms with Gasteiger partial charge in [0, 0.05) is 10.7 Å². The zero-order valence-electron chi connectivity index (χ0n) is 13.4. The number of hydrogen-bond acceptors (Lipinski definition) is 7. The second-order valence-electron chi connectivity index (χ2n) is 6.05. The maximum absolute atomic E-state index is 12.0. The number of nitrogens with one attached hydrogen (secondary N) is 1. The number of carbonyl (C=O) groups excluding carboxylic acids is 2. The summed E-state index contributed by atoms with van der Waals surface area (Å²) in [5.41, 5.74) is 5.48. The summed E-state index contributed by atoms with van der Waals surface area (Å²) in [4.78, 5) is 34.5. The number of aliphatic hydroxyl groups excluding tert-OH is 1. The zero-order valence-corrected chi connectivity index (χ0v) is 14.3. The highest BCUT2D eigenvalue weighted by Gasteiger charge is 2.45. The Morgan fingerprint density at radius 1 is 1.43 bits per heavy atom. The van der Waals surface area contributed by atoms with Gasteiger partial charge in [-0.1, -0.05) is 13.8 Å². The van der Waals surface area contributed by atoms with Crippen LogP contribution in [0, 0.1) is 5.92 Å². The van der Waals surface area contributed by atoms with Crippen LogP contribution in [0.15, 0.2) is 0 Å². The van der Waals surface area contributed by atoms with Crippen LogP contribution in [0.3, 0.4) is 0 Å². The summed E-state index contributed by atoms with van der Waals surface area (Å²) in [6.45, 7) is 3.93. The monoisotopic (exact) mass is 348 g/mol. The zero-order chi connectivity index (χ0) is 17.8. The molecular weight excluding hydrogens is 324 g/mol. The number of carbonyl (C=O) groups is 3. The molecule has 0 spiro atoms. The normalized spacial score (nSPS) is 23.6. The molecule has 1 aliphatic heterocycles. The minimum atomic E-state index is -1.31. The molecule has 0 aromatic heterocycles. The first kappa shape index (κ1) is 19.7. The van der Waals surface area contributed by atoms with Crippen molar-refractivity contribution in [1.82, 2.24) is 5.32 Å². The molecule has 1 heterocycles. The van der Waals surface area contributed by atoms with E-state index in [0.29, 0.717) is 6.42 Å². The van der Waals surface area contributed by atoms with Crippen molar-refractivity contribution in [3.05, 3.63) is 0 Å². The summed E-state index contributed by atoms with van der Waals surface area (Å²) in [7, 11) is 1.15. The molecule has 0 bridgehead atoms. The van der Waals surface area contributed by atoms with Gasteiger partial charge in [0.1, 0.15) is 0 Å². The van der Waals surface area contributed by atoms with Crippen molar-refractivity contribution in [2.75, 3.05) is 12.9 Å². The van der Waals surface area contributed by atoms with Gasteiger partial charge < -0.3 is 26.0 Å². The number of nitrogens with two attached hydrogens (primary N) is 1. The van der Waals surface area contributed by atoms with Crippen molar-refractivity contribution in [3.8, 4) is 0 Å². The number of hydrogen-bond donors (Lipinski definition) is 4. The predicted molar refractivity (Wildman–Crippen MR) is 84.8 cm³/mol. The van der Waals surface area contributed by atoms with Gasteiger partial charge in [-0.2, -0.15) is 11.8 Å². The van der Waals surface area contributed by atoms with E-state index in [4.69, 9.17) is 10.8 Å². The molecule has 0 radical (unpaired) electrons. The summed E-state index contributed by atoms with van der Waals surface area (Å²) >= 11 is 1.68. The maximum atomic E-state index is 12.0. The van der Waals surface area contributed by atoms with E-state index in [2.05, 4.69) is 10.1 Å². The molecule has 2 unspecified atom stereocenters. The van der Waals surface area contributed by atoms with Gasteiger partial charge in [-0.25, -0.2) is 4.79 Å². The molecule has 4 atom stereocenters. The number of aliphatic carboxylic acids is 1. The summed E-state index contributed by atoms with van der Waals surface area (Å²) in [5.74, 6) is -2.20. The van der Waals surface area contributed by atoms with Gasteiger partial charge in [-0.05, 0) is 12.2 Å². The minimum Gasteiger partial charge on any atom is -0.481 e. The van der Waals surface area contributed by atoms with Gasteiger partial charge in [0.05, 0.1) is 25.7 Å². The highest BCUT2D eigenvalue weighted by Crippen LogP contribution is 2.44. The summed E-state index contributed by atoms with van der Waals surface area (Å²) in [5, 5.41) is 21.6. The first-order valence-corrected chi connectivity index (χ1v) is 8.26. The summed E-state index contributed by atoms with van der Waals surface area (Å²) in [6.07, 6.45) is -1.02. The van der Waals surface area contributed by atoms with E-state index in [9.17, 15) is 19.5 Å². The number of rotatable bonds is 7. The maximum Gasteiger partial charge on any atom is 0.331 e. The highest BCUT2D eigenvalue weighted by molar-refractivity contribution is 8.00. The molecule has 8 nitrogen and oxygen atoms in total. The lowest BCUT2D eigenvalue weighted by atomic mass is 9.84. The number of amides is 1. The summed E-state index contributed by atoms with van der Waals surface area (Å²) in [6, 6.07) is -2.59. The molecule has 0 saturated carbocycles. The van der Waals surface area contributed by atoms with Crippen molar-refractivity contribution in [2.24, 2.45) is 11.7 Å². The van der Waals surface area contributed by atoms with Gasteiger partial charge in [0.25, 0.3) is 0 Å². The average molecular weight is 348 g/mol. The lowest BCUT2D eigenvalue weighted by molar-refractivity contribution is -0.150. The number of carboxylic acid groups (broad SMARTS) is 1. The average Bonchev–Trinajstić information content (AvgIpc) is 2.81. The van der Waals surface area contributed by atoms with Crippen LogP contribution >= 0.6 is 11.8 Å². The van der Waals surface area contributed by atoms with Crippen molar-refractivity contribution in [2.45, 2.75) is 49.6 Å². The molecule has 23 heavy (non-hydrogen) atoms. The molecular formula is C14H24N2O6S. The molecule has 1 aliphatic rings. The van der Waals surface area contributed by atoms with E-state index in [0.717, 1.165) is 12.9 Å². The number of aliphatic hydroxyl groups is 1. The molecule has 5 N–H and O–H groups in total. The minimum absolute atomic E-state index is 0.215. The molecule has 1 amide bonds. The SMILES string of the molecule is COC(=O)[C@@H](NC(=O)[C@@H](N)CC(=O)O)C(O)C1CCSC1(C)C. The van der Waals surface area contributed by atoms with E-state index < -0.39 is 42.5 Å². The third-order valence-electron chi connectivity index (χ3n) is 4.03.